The van der Waals surface area contributed by atoms with E-state index in [1.54, 1.807) is 37.8 Å². The highest BCUT2D eigenvalue weighted by Gasteiger charge is 2.15. The number of pyridine rings is 2. The van der Waals surface area contributed by atoms with Crippen molar-refractivity contribution in [2.24, 2.45) is 0 Å². The Morgan fingerprint density at radius 2 is 2.00 bits per heavy atom. The Morgan fingerprint density at radius 3 is 2.59 bits per heavy atom. The summed E-state index contributed by atoms with van der Waals surface area (Å²) in [6.45, 7) is 0. The van der Waals surface area contributed by atoms with E-state index >= 15 is 0 Å². The van der Waals surface area contributed by atoms with Crippen LogP contribution < -0.4 is 5.32 Å². The molecule has 2 heterocycles. The van der Waals surface area contributed by atoms with Crippen molar-refractivity contribution in [1.82, 2.24) is 9.97 Å². The Morgan fingerprint density at radius 1 is 1.29 bits per heavy atom. The lowest BCUT2D eigenvalue weighted by Crippen LogP contribution is -1.99. The average Bonchev–Trinajstić information content (AvgIpc) is 2.39. The van der Waals surface area contributed by atoms with Crippen molar-refractivity contribution in [1.29, 1.82) is 0 Å². The molecular weight excluding hydrogens is 220 g/mol. The number of aromatic nitrogens is 2. The van der Waals surface area contributed by atoms with Gasteiger partial charge in [0.05, 0.1) is 4.92 Å². The van der Waals surface area contributed by atoms with E-state index in [9.17, 15) is 10.1 Å². The molecule has 0 amide bonds. The number of nitrogens with one attached hydrogen (secondary N) is 1. The Labute approximate surface area is 97.5 Å². The predicted octanol–water partition coefficient (Wildman–Crippen LogP) is 2.09. The molecule has 86 valence electrons. The normalized spacial score (nSPS) is 9.94. The van der Waals surface area contributed by atoms with Gasteiger partial charge in [-0.05, 0) is 17.7 Å². The van der Waals surface area contributed by atoms with Gasteiger partial charge in [-0.1, -0.05) is 0 Å². The zero-order valence-electron chi connectivity index (χ0n) is 9.12. The highest BCUT2D eigenvalue weighted by molar-refractivity contribution is 5.69. The smallest absolute Gasteiger partial charge is 0.311 e. The fourth-order valence-corrected chi connectivity index (χ4v) is 1.49. The Bertz CT molecular complexity index is 542. The Balaban J connectivity index is 2.51. The summed E-state index contributed by atoms with van der Waals surface area (Å²) in [6.07, 6.45) is 4.86. The number of nitro groups is 1. The third-order valence-corrected chi connectivity index (χ3v) is 2.31. The van der Waals surface area contributed by atoms with Crippen molar-refractivity contribution < 1.29 is 4.92 Å². The molecule has 1 N–H and O–H groups in total. The van der Waals surface area contributed by atoms with Gasteiger partial charge >= 0.3 is 5.69 Å². The van der Waals surface area contributed by atoms with E-state index in [1.165, 1.54) is 6.07 Å². The fourth-order valence-electron chi connectivity index (χ4n) is 1.49. The molecule has 2 rings (SSSR count). The summed E-state index contributed by atoms with van der Waals surface area (Å²) in [5, 5.41) is 13.6. The van der Waals surface area contributed by atoms with Crippen LogP contribution in [-0.2, 0) is 0 Å². The zero-order valence-corrected chi connectivity index (χ0v) is 9.12. The molecule has 0 saturated heterocycles. The molecule has 0 aromatic carbocycles. The van der Waals surface area contributed by atoms with Gasteiger partial charge in [-0.3, -0.25) is 15.1 Å². The van der Waals surface area contributed by atoms with E-state index in [0.29, 0.717) is 5.56 Å². The van der Waals surface area contributed by atoms with Crippen molar-refractivity contribution in [3.05, 3.63) is 46.9 Å². The number of anilines is 1. The lowest BCUT2D eigenvalue weighted by atomic mass is 10.1. The van der Waals surface area contributed by atoms with Crippen LogP contribution in [0.5, 0.6) is 0 Å². The molecule has 0 unspecified atom stereocenters. The molecule has 0 saturated carbocycles. The molecule has 0 aliphatic rings. The second-order valence-electron chi connectivity index (χ2n) is 3.33. The van der Waals surface area contributed by atoms with E-state index in [1.807, 2.05) is 0 Å². The van der Waals surface area contributed by atoms with E-state index < -0.39 is 4.92 Å². The average molecular weight is 230 g/mol. The predicted molar refractivity (Wildman–Crippen MR) is 63.7 cm³/mol. The van der Waals surface area contributed by atoms with Gasteiger partial charge in [0.25, 0.3) is 0 Å². The van der Waals surface area contributed by atoms with Gasteiger partial charge in [0.15, 0.2) is 0 Å². The molecule has 0 spiro atoms. The summed E-state index contributed by atoms with van der Waals surface area (Å²) in [5.74, 6) is 0.257. The lowest BCUT2D eigenvalue weighted by molar-refractivity contribution is -0.384. The van der Waals surface area contributed by atoms with Gasteiger partial charge in [-0.2, -0.15) is 0 Å². The van der Waals surface area contributed by atoms with Crippen LogP contribution >= 0.6 is 0 Å². The number of hydrogen-bond acceptors (Lipinski definition) is 5. The molecule has 0 aliphatic heterocycles. The monoisotopic (exact) mass is 230 g/mol. The van der Waals surface area contributed by atoms with Crippen molar-refractivity contribution in [2.45, 2.75) is 0 Å². The van der Waals surface area contributed by atoms with Crippen LogP contribution in [0.4, 0.5) is 11.5 Å². The van der Waals surface area contributed by atoms with Gasteiger partial charge in [0.1, 0.15) is 0 Å². The molecule has 2 aromatic heterocycles. The van der Waals surface area contributed by atoms with Crippen molar-refractivity contribution in [3.63, 3.8) is 0 Å². The molecule has 17 heavy (non-hydrogen) atoms. The summed E-state index contributed by atoms with van der Waals surface area (Å²) in [5.41, 5.74) is 1.50. The fraction of sp³-hybridized carbons (Fsp3) is 0.0909. The van der Waals surface area contributed by atoms with Crippen LogP contribution in [0.2, 0.25) is 0 Å². The van der Waals surface area contributed by atoms with Gasteiger partial charge in [0, 0.05) is 37.3 Å². The summed E-state index contributed by atoms with van der Waals surface area (Å²) in [7, 11) is 1.60. The Hall–Kier alpha value is -2.50. The topological polar surface area (TPSA) is 81.0 Å². The van der Waals surface area contributed by atoms with E-state index in [2.05, 4.69) is 15.3 Å². The first-order valence-electron chi connectivity index (χ1n) is 4.95. The van der Waals surface area contributed by atoms with Crippen LogP contribution in [0.1, 0.15) is 0 Å². The number of nitrogens with zero attached hydrogens (tertiary/aromatic N) is 3. The lowest BCUT2D eigenvalue weighted by Gasteiger charge is -2.04. The highest BCUT2D eigenvalue weighted by Crippen LogP contribution is 2.27. The third kappa shape index (κ3) is 2.20. The molecule has 6 nitrogen and oxygen atoms in total. The SMILES string of the molecule is CNc1ncc(-c2ccncc2)cc1[N+](=O)[O-]. The third-order valence-electron chi connectivity index (χ3n) is 2.31. The molecule has 0 fully saturated rings. The Kier molecular flexibility index (Phi) is 2.95. The molecular formula is C11H10N4O2. The van der Waals surface area contributed by atoms with Crippen LogP contribution in [0.25, 0.3) is 11.1 Å². The highest BCUT2D eigenvalue weighted by atomic mass is 16.6. The number of rotatable bonds is 3. The summed E-state index contributed by atoms with van der Waals surface area (Å²) < 4.78 is 0. The largest absolute Gasteiger partial charge is 0.367 e. The minimum Gasteiger partial charge on any atom is -0.367 e. The molecule has 0 atom stereocenters. The summed E-state index contributed by atoms with van der Waals surface area (Å²) in [4.78, 5) is 18.3. The minimum atomic E-state index is -0.455. The second kappa shape index (κ2) is 4.56. The van der Waals surface area contributed by atoms with E-state index in [-0.39, 0.29) is 11.5 Å². The molecule has 0 bridgehead atoms. The van der Waals surface area contributed by atoms with Crippen LogP contribution in [0, 0.1) is 10.1 Å². The molecule has 2 aromatic rings. The number of hydrogen-bond donors (Lipinski definition) is 1. The standard InChI is InChI=1S/C11H10N4O2/c1-12-11-10(15(16)17)6-9(7-14-11)8-2-4-13-5-3-8/h2-7H,1H3,(H,12,14). The molecule has 0 aliphatic carbocycles. The first-order chi connectivity index (χ1) is 8.22. The maximum atomic E-state index is 10.9. The first kappa shape index (κ1) is 11.0. The van der Waals surface area contributed by atoms with Crippen molar-refractivity contribution in [2.75, 3.05) is 12.4 Å². The maximum Gasteiger partial charge on any atom is 0.311 e. The first-order valence-corrected chi connectivity index (χ1v) is 4.95. The minimum absolute atomic E-state index is 0.0400. The van der Waals surface area contributed by atoms with Crippen molar-refractivity contribution >= 4 is 11.5 Å². The quantitative estimate of drug-likeness (QED) is 0.645. The van der Waals surface area contributed by atoms with E-state index in [4.69, 9.17) is 0 Å². The molecule has 0 radical (unpaired) electrons. The maximum absolute atomic E-state index is 10.9. The van der Waals surface area contributed by atoms with Crippen LogP contribution in [0.15, 0.2) is 36.8 Å². The van der Waals surface area contributed by atoms with Gasteiger partial charge in [0.2, 0.25) is 5.82 Å². The summed E-state index contributed by atoms with van der Waals surface area (Å²) in [6, 6.07) is 5.05. The van der Waals surface area contributed by atoms with Gasteiger partial charge in [-0.25, -0.2) is 4.98 Å². The van der Waals surface area contributed by atoms with Crippen LogP contribution in [-0.4, -0.2) is 21.9 Å². The molecule has 6 heteroatoms. The van der Waals surface area contributed by atoms with Crippen molar-refractivity contribution in [3.8, 4) is 11.1 Å². The van der Waals surface area contributed by atoms with Gasteiger partial charge in [-0.15, -0.1) is 0 Å². The zero-order chi connectivity index (χ0) is 12.3. The van der Waals surface area contributed by atoms with Crippen LogP contribution in [0.3, 0.4) is 0 Å². The van der Waals surface area contributed by atoms with E-state index in [0.717, 1.165) is 5.56 Å². The summed E-state index contributed by atoms with van der Waals surface area (Å²) >= 11 is 0. The van der Waals surface area contributed by atoms with Gasteiger partial charge < -0.3 is 5.32 Å². The second-order valence-corrected chi connectivity index (χ2v) is 3.33.